The Morgan fingerprint density at radius 1 is 1.03 bits per heavy atom. The molecule has 8 heteroatoms. The van der Waals surface area contributed by atoms with Gasteiger partial charge in [-0.2, -0.15) is 5.26 Å². The van der Waals surface area contributed by atoms with Crippen molar-refractivity contribution in [1.29, 1.82) is 5.26 Å². The Hall–Kier alpha value is -4.38. The molecule has 31 heavy (non-hydrogen) atoms. The van der Waals surface area contributed by atoms with Crippen LogP contribution in [0, 0.1) is 21.4 Å². The van der Waals surface area contributed by atoms with Crippen LogP contribution >= 0.6 is 0 Å². The quantitative estimate of drug-likeness (QED) is 0.286. The second-order valence-corrected chi connectivity index (χ2v) is 6.44. The minimum atomic E-state index is -0.571. The number of carbonyl (C=O) groups is 1. The maximum Gasteiger partial charge on any atom is 0.270 e. The van der Waals surface area contributed by atoms with Crippen LogP contribution in [0.1, 0.15) is 23.2 Å². The van der Waals surface area contributed by atoms with Gasteiger partial charge in [-0.15, -0.1) is 0 Å². The van der Waals surface area contributed by atoms with Gasteiger partial charge < -0.3 is 14.8 Å². The van der Waals surface area contributed by atoms with Crippen molar-refractivity contribution in [3.05, 3.63) is 88.5 Å². The minimum absolute atomic E-state index is 0.0263. The third kappa shape index (κ3) is 6.05. The lowest BCUT2D eigenvalue weighted by Gasteiger charge is -2.12. The Bertz CT molecular complexity index is 1110. The third-order valence-electron chi connectivity index (χ3n) is 4.18. The number of non-ortho nitro benzene ring substituents is 1. The zero-order valence-corrected chi connectivity index (χ0v) is 16.5. The lowest BCUT2D eigenvalue weighted by atomic mass is 10.1. The van der Waals surface area contributed by atoms with Gasteiger partial charge in [0.2, 0.25) is 0 Å². The molecule has 3 rings (SSSR count). The van der Waals surface area contributed by atoms with Gasteiger partial charge >= 0.3 is 0 Å². The Balaban J connectivity index is 1.80. The minimum Gasteiger partial charge on any atom is -0.493 e. The number of rotatable bonds is 9. The van der Waals surface area contributed by atoms with Gasteiger partial charge in [0, 0.05) is 30.3 Å². The number of hydrogen-bond acceptors (Lipinski definition) is 6. The summed E-state index contributed by atoms with van der Waals surface area (Å²) in [5.74, 6) is 0.670. The van der Waals surface area contributed by atoms with E-state index >= 15 is 0 Å². The topological polar surface area (TPSA) is 114 Å². The van der Waals surface area contributed by atoms with Gasteiger partial charge in [-0.3, -0.25) is 14.9 Å². The molecule has 8 nitrogen and oxygen atoms in total. The number of anilines is 1. The molecule has 0 bridgehead atoms. The van der Waals surface area contributed by atoms with Crippen LogP contribution in [0.5, 0.6) is 17.2 Å². The van der Waals surface area contributed by atoms with E-state index in [4.69, 9.17) is 14.7 Å². The molecule has 0 saturated heterocycles. The molecule has 0 aliphatic heterocycles. The van der Waals surface area contributed by atoms with Crippen molar-refractivity contribution in [2.45, 2.75) is 12.8 Å². The molecular weight excluding hydrogens is 398 g/mol. The predicted octanol–water partition coefficient (Wildman–Crippen LogP) is 5.32. The molecule has 156 valence electrons. The van der Waals surface area contributed by atoms with E-state index in [0.717, 1.165) is 0 Å². The maximum absolute atomic E-state index is 12.9. The zero-order valence-electron chi connectivity index (χ0n) is 16.5. The van der Waals surface area contributed by atoms with Gasteiger partial charge in [-0.25, -0.2) is 0 Å². The van der Waals surface area contributed by atoms with Crippen LogP contribution in [0.2, 0.25) is 0 Å². The molecule has 0 aliphatic carbocycles. The Kier molecular flexibility index (Phi) is 7.16. The summed E-state index contributed by atoms with van der Waals surface area (Å²) in [4.78, 5) is 23.5. The monoisotopic (exact) mass is 417 g/mol. The fraction of sp³-hybridized carbons (Fsp3) is 0.130. The number of nitro groups is 1. The van der Waals surface area contributed by atoms with Crippen LogP contribution in [0.25, 0.3) is 0 Å². The van der Waals surface area contributed by atoms with Crippen LogP contribution < -0.4 is 14.8 Å². The first kappa shape index (κ1) is 21.3. The molecule has 3 aromatic carbocycles. The molecular formula is C23H19N3O5. The number of para-hydroxylation sites is 1. The molecule has 0 radical (unpaired) electrons. The SMILES string of the molecule is N#CCCCOc1cccc(NC(=O)c2cc([N+](=O)[O-])ccc2Oc2ccccc2)c1. The van der Waals surface area contributed by atoms with E-state index in [2.05, 4.69) is 5.32 Å². The van der Waals surface area contributed by atoms with Crippen LogP contribution in [0.4, 0.5) is 11.4 Å². The standard InChI is InChI=1S/C23H19N3O5/c24-13-4-5-14-30-20-10-6-7-17(15-20)25-23(27)21-16-18(26(28)29)11-12-22(21)31-19-8-2-1-3-9-19/h1-3,6-12,15-16H,4-5,14H2,(H,25,27). The summed E-state index contributed by atoms with van der Waals surface area (Å²) in [6.45, 7) is 0.380. The largest absolute Gasteiger partial charge is 0.493 e. The average molecular weight is 417 g/mol. The van der Waals surface area contributed by atoms with Crippen molar-refractivity contribution in [1.82, 2.24) is 0 Å². The fourth-order valence-electron chi connectivity index (χ4n) is 2.72. The molecule has 0 spiro atoms. The first-order valence-electron chi connectivity index (χ1n) is 9.49. The predicted molar refractivity (Wildman–Crippen MR) is 114 cm³/mol. The second kappa shape index (κ2) is 10.4. The van der Waals surface area contributed by atoms with Gasteiger partial charge in [-0.1, -0.05) is 24.3 Å². The smallest absolute Gasteiger partial charge is 0.270 e. The summed E-state index contributed by atoms with van der Waals surface area (Å²) in [6, 6.07) is 21.5. The number of amides is 1. The van der Waals surface area contributed by atoms with Gasteiger partial charge in [0.1, 0.15) is 17.2 Å². The molecule has 0 fully saturated rings. The van der Waals surface area contributed by atoms with Crippen LogP contribution in [-0.4, -0.2) is 17.4 Å². The van der Waals surface area contributed by atoms with Crippen molar-refractivity contribution in [2.24, 2.45) is 0 Å². The number of benzene rings is 3. The van der Waals surface area contributed by atoms with Crippen LogP contribution in [-0.2, 0) is 0 Å². The molecule has 1 amide bonds. The van der Waals surface area contributed by atoms with E-state index in [0.29, 0.717) is 36.6 Å². The first-order valence-corrected chi connectivity index (χ1v) is 9.49. The highest BCUT2D eigenvalue weighted by atomic mass is 16.6. The third-order valence-corrected chi connectivity index (χ3v) is 4.18. The highest BCUT2D eigenvalue weighted by Crippen LogP contribution is 2.30. The average Bonchev–Trinajstić information content (AvgIpc) is 2.78. The van der Waals surface area contributed by atoms with Crippen molar-refractivity contribution in [3.8, 4) is 23.3 Å². The van der Waals surface area contributed by atoms with Gasteiger partial charge in [-0.05, 0) is 36.8 Å². The van der Waals surface area contributed by atoms with Crippen molar-refractivity contribution in [3.63, 3.8) is 0 Å². The van der Waals surface area contributed by atoms with E-state index in [9.17, 15) is 14.9 Å². The normalized spacial score (nSPS) is 10.0. The number of hydrogen-bond donors (Lipinski definition) is 1. The van der Waals surface area contributed by atoms with E-state index in [1.807, 2.05) is 12.1 Å². The van der Waals surface area contributed by atoms with Gasteiger partial charge in [0.15, 0.2) is 0 Å². The molecule has 0 unspecified atom stereocenters. The Labute approximate surface area is 178 Å². The lowest BCUT2D eigenvalue weighted by molar-refractivity contribution is -0.384. The molecule has 3 aromatic rings. The molecule has 0 saturated carbocycles. The first-order chi connectivity index (χ1) is 15.1. The Morgan fingerprint density at radius 3 is 2.55 bits per heavy atom. The van der Waals surface area contributed by atoms with Crippen molar-refractivity contribution < 1.29 is 19.2 Å². The molecule has 0 atom stereocenters. The van der Waals surface area contributed by atoms with E-state index < -0.39 is 10.8 Å². The fourth-order valence-corrected chi connectivity index (χ4v) is 2.72. The zero-order chi connectivity index (χ0) is 22.1. The van der Waals surface area contributed by atoms with E-state index in [1.165, 1.54) is 18.2 Å². The molecule has 0 aliphatic rings. The summed E-state index contributed by atoms with van der Waals surface area (Å²) >= 11 is 0. The number of ether oxygens (including phenoxy) is 2. The van der Waals surface area contributed by atoms with Crippen LogP contribution in [0.15, 0.2) is 72.8 Å². The summed E-state index contributed by atoms with van der Waals surface area (Å²) in [5, 5.41) is 22.5. The van der Waals surface area contributed by atoms with Crippen LogP contribution in [0.3, 0.4) is 0 Å². The summed E-state index contributed by atoms with van der Waals surface area (Å²) < 4.78 is 11.3. The summed E-state index contributed by atoms with van der Waals surface area (Å²) in [6.07, 6.45) is 0.994. The number of nitrogens with zero attached hydrogens (tertiary/aromatic N) is 2. The maximum atomic E-state index is 12.9. The number of unbranched alkanes of at least 4 members (excludes halogenated alkanes) is 1. The lowest BCUT2D eigenvalue weighted by Crippen LogP contribution is -2.13. The molecule has 0 aromatic heterocycles. The summed E-state index contributed by atoms with van der Waals surface area (Å²) in [7, 11) is 0. The van der Waals surface area contributed by atoms with E-state index in [-0.39, 0.29) is 17.0 Å². The highest BCUT2D eigenvalue weighted by molar-refractivity contribution is 6.06. The Morgan fingerprint density at radius 2 is 1.81 bits per heavy atom. The van der Waals surface area contributed by atoms with Crippen molar-refractivity contribution in [2.75, 3.05) is 11.9 Å². The number of carbonyl (C=O) groups excluding carboxylic acids is 1. The number of nitrogens with one attached hydrogen (secondary N) is 1. The van der Waals surface area contributed by atoms with Gasteiger partial charge in [0.25, 0.3) is 11.6 Å². The van der Waals surface area contributed by atoms with Crippen molar-refractivity contribution >= 4 is 17.3 Å². The highest BCUT2D eigenvalue weighted by Gasteiger charge is 2.19. The number of nitro benzene ring substituents is 1. The van der Waals surface area contributed by atoms with Gasteiger partial charge in [0.05, 0.1) is 23.2 Å². The second-order valence-electron chi connectivity index (χ2n) is 6.44. The number of nitriles is 1. The van der Waals surface area contributed by atoms with E-state index in [1.54, 1.807) is 48.5 Å². The molecule has 0 heterocycles. The summed E-state index contributed by atoms with van der Waals surface area (Å²) in [5.41, 5.74) is 0.262. The molecule has 1 N–H and O–H groups in total.